The van der Waals surface area contributed by atoms with Crippen LogP contribution < -0.4 is 0 Å². The van der Waals surface area contributed by atoms with Crippen molar-refractivity contribution in [1.82, 2.24) is 0 Å². The van der Waals surface area contributed by atoms with Gasteiger partial charge in [0.25, 0.3) is 0 Å². The van der Waals surface area contributed by atoms with E-state index in [0.29, 0.717) is 39.6 Å². The second-order valence-electron chi connectivity index (χ2n) is 4.78. The summed E-state index contributed by atoms with van der Waals surface area (Å²) >= 11 is 0. The Morgan fingerprint density at radius 3 is 1.87 bits per heavy atom. The molecule has 0 saturated heterocycles. The summed E-state index contributed by atoms with van der Waals surface area (Å²) in [5.74, 6) is -0.273. The molecule has 0 saturated carbocycles. The smallest absolute Gasteiger partial charge is 0.302 e. The van der Waals surface area contributed by atoms with Crippen LogP contribution in [0.15, 0.2) is 0 Å². The van der Waals surface area contributed by atoms with E-state index in [-0.39, 0.29) is 24.8 Å². The summed E-state index contributed by atoms with van der Waals surface area (Å²) < 4.78 is 20.6. The van der Waals surface area contributed by atoms with Crippen molar-refractivity contribution in [3.63, 3.8) is 0 Å². The predicted molar refractivity (Wildman–Crippen MR) is 87.4 cm³/mol. The van der Waals surface area contributed by atoms with E-state index >= 15 is 0 Å². The Bertz CT molecular complexity index is 251. The zero-order valence-corrected chi connectivity index (χ0v) is 15.0. The van der Waals surface area contributed by atoms with E-state index in [2.05, 4.69) is 18.6 Å². The molecule has 0 atom stereocenters. The molecule has 2 N–H and O–H groups in total. The average molecular weight is 338 g/mol. The number of aliphatic hydroxyl groups is 2. The van der Waals surface area contributed by atoms with Crippen molar-refractivity contribution in [2.24, 2.45) is 0 Å². The summed E-state index contributed by atoms with van der Waals surface area (Å²) in [6.07, 6.45) is 1.84. The quantitative estimate of drug-likeness (QED) is 0.384. The molecule has 0 fully saturated rings. The molecule has 0 rings (SSSR count). The van der Waals surface area contributed by atoms with Crippen LogP contribution in [0.5, 0.6) is 0 Å². The first-order valence-electron chi connectivity index (χ1n) is 8.16. The zero-order chi connectivity index (χ0) is 18.0. The molecule has 0 bridgehead atoms. The Balaban J connectivity index is 0. The lowest BCUT2D eigenvalue weighted by Crippen LogP contribution is -2.37. The number of carbonyl (C=O) groups excluding carboxylic acids is 1. The third kappa shape index (κ3) is 15.9. The van der Waals surface area contributed by atoms with Crippen LogP contribution in [0.2, 0.25) is 0 Å². The van der Waals surface area contributed by atoms with E-state index in [1.54, 1.807) is 0 Å². The summed E-state index contributed by atoms with van der Waals surface area (Å²) in [4.78, 5) is 10.5. The maximum Gasteiger partial charge on any atom is 0.302 e. The Kier molecular flexibility index (Phi) is 18.8. The number of hydrogen-bond acceptors (Lipinski definition) is 7. The van der Waals surface area contributed by atoms with Crippen LogP contribution in [0.3, 0.4) is 0 Å². The largest absolute Gasteiger partial charge is 0.463 e. The molecule has 0 amide bonds. The molecule has 7 nitrogen and oxygen atoms in total. The number of aliphatic hydroxyl groups excluding tert-OH is 2. The van der Waals surface area contributed by atoms with Gasteiger partial charge < -0.3 is 29.2 Å². The van der Waals surface area contributed by atoms with Crippen LogP contribution >= 0.6 is 0 Å². The molecule has 0 aliphatic heterocycles. The van der Waals surface area contributed by atoms with Crippen molar-refractivity contribution < 1.29 is 34.0 Å². The summed E-state index contributed by atoms with van der Waals surface area (Å²) in [5.41, 5.74) is -0.190. The van der Waals surface area contributed by atoms with Gasteiger partial charge in [0.2, 0.25) is 0 Å². The molecule has 0 aromatic rings. The summed E-state index contributed by atoms with van der Waals surface area (Å²) in [6, 6.07) is 0. The molecule has 0 spiro atoms. The standard InChI is InChI=1S/C12H24O4.C4H10O3/c1-5-12(6-2,16-7-3)10-14-8-9-15-11(4)13;5-1-3-7-4-2-6/h5-10H2,1-4H3;5-6H,1-4H2. The lowest BCUT2D eigenvalue weighted by molar-refractivity contribution is -0.144. The van der Waals surface area contributed by atoms with Crippen molar-refractivity contribution in [2.45, 2.75) is 46.1 Å². The molecule has 0 aromatic carbocycles. The summed E-state index contributed by atoms with van der Waals surface area (Å²) in [7, 11) is 0. The first-order chi connectivity index (χ1) is 11.0. The number of esters is 1. The Hall–Kier alpha value is -0.730. The second kappa shape index (κ2) is 17.6. The second-order valence-corrected chi connectivity index (χ2v) is 4.78. The molecule has 23 heavy (non-hydrogen) atoms. The third-order valence-corrected chi connectivity index (χ3v) is 3.11. The fourth-order valence-corrected chi connectivity index (χ4v) is 1.74. The van der Waals surface area contributed by atoms with E-state index in [0.717, 1.165) is 12.8 Å². The van der Waals surface area contributed by atoms with Gasteiger partial charge in [-0.25, -0.2) is 0 Å². The minimum Gasteiger partial charge on any atom is -0.463 e. The summed E-state index contributed by atoms with van der Waals surface area (Å²) in [6.45, 7) is 10.2. The molecule has 0 unspecified atom stereocenters. The van der Waals surface area contributed by atoms with Crippen LogP contribution in [0, 0.1) is 0 Å². The average Bonchev–Trinajstić information content (AvgIpc) is 2.54. The molecular weight excluding hydrogens is 304 g/mol. The fourth-order valence-electron chi connectivity index (χ4n) is 1.74. The van der Waals surface area contributed by atoms with Crippen LogP contribution in [0.1, 0.15) is 40.5 Å². The van der Waals surface area contributed by atoms with E-state index in [9.17, 15) is 4.79 Å². The van der Waals surface area contributed by atoms with Gasteiger partial charge in [-0.05, 0) is 19.8 Å². The number of carbonyl (C=O) groups is 1. The highest BCUT2D eigenvalue weighted by molar-refractivity contribution is 5.65. The minimum atomic E-state index is -0.273. The molecule has 0 aliphatic carbocycles. The van der Waals surface area contributed by atoms with Crippen LogP contribution in [0.25, 0.3) is 0 Å². The maximum atomic E-state index is 10.5. The summed E-state index contributed by atoms with van der Waals surface area (Å²) in [5, 5.41) is 16.2. The molecule has 0 aliphatic rings. The van der Waals surface area contributed by atoms with Gasteiger partial charge in [-0.1, -0.05) is 13.8 Å². The monoisotopic (exact) mass is 338 g/mol. The number of hydrogen-bond donors (Lipinski definition) is 2. The van der Waals surface area contributed by atoms with Crippen LogP contribution in [0.4, 0.5) is 0 Å². The van der Waals surface area contributed by atoms with Gasteiger partial charge >= 0.3 is 5.97 Å². The highest BCUT2D eigenvalue weighted by atomic mass is 16.6. The van der Waals surface area contributed by atoms with Crippen LogP contribution in [-0.4, -0.2) is 74.6 Å². The molecule has 0 heterocycles. The highest BCUT2D eigenvalue weighted by Gasteiger charge is 2.26. The fraction of sp³-hybridized carbons (Fsp3) is 0.938. The molecular formula is C16H34O7. The van der Waals surface area contributed by atoms with Crippen molar-refractivity contribution in [1.29, 1.82) is 0 Å². The van der Waals surface area contributed by atoms with Crippen molar-refractivity contribution in [3.05, 3.63) is 0 Å². The van der Waals surface area contributed by atoms with Gasteiger partial charge in [0, 0.05) is 13.5 Å². The molecule has 7 heteroatoms. The van der Waals surface area contributed by atoms with Gasteiger partial charge in [0.15, 0.2) is 0 Å². The lowest BCUT2D eigenvalue weighted by atomic mass is 9.98. The van der Waals surface area contributed by atoms with Crippen molar-refractivity contribution >= 4 is 5.97 Å². The Morgan fingerprint density at radius 2 is 1.48 bits per heavy atom. The SMILES string of the molecule is CCOC(CC)(CC)COCCOC(C)=O.OCCOCCO. The highest BCUT2D eigenvalue weighted by Crippen LogP contribution is 2.20. The zero-order valence-electron chi connectivity index (χ0n) is 15.0. The molecule has 140 valence electrons. The van der Waals surface area contributed by atoms with Crippen LogP contribution in [-0.2, 0) is 23.7 Å². The maximum absolute atomic E-state index is 10.5. The third-order valence-electron chi connectivity index (χ3n) is 3.11. The van der Waals surface area contributed by atoms with E-state index in [1.807, 2.05) is 6.92 Å². The van der Waals surface area contributed by atoms with E-state index < -0.39 is 0 Å². The lowest BCUT2D eigenvalue weighted by Gasteiger charge is -2.31. The van der Waals surface area contributed by atoms with E-state index in [4.69, 9.17) is 24.4 Å². The minimum absolute atomic E-state index is 0.0278. The first kappa shape index (κ1) is 24.5. The van der Waals surface area contributed by atoms with Gasteiger partial charge in [-0.15, -0.1) is 0 Å². The number of ether oxygens (including phenoxy) is 4. The topological polar surface area (TPSA) is 94.5 Å². The van der Waals surface area contributed by atoms with Gasteiger partial charge in [-0.2, -0.15) is 0 Å². The first-order valence-corrected chi connectivity index (χ1v) is 8.16. The Labute approximate surface area is 139 Å². The molecule has 0 radical (unpaired) electrons. The van der Waals surface area contributed by atoms with Crippen molar-refractivity contribution in [3.8, 4) is 0 Å². The Morgan fingerprint density at radius 1 is 0.913 bits per heavy atom. The van der Waals surface area contributed by atoms with Crippen molar-refractivity contribution in [2.75, 3.05) is 52.9 Å². The van der Waals surface area contributed by atoms with Gasteiger partial charge in [0.05, 0.1) is 45.2 Å². The van der Waals surface area contributed by atoms with Gasteiger partial charge in [0.1, 0.15) is 6.61 Å². The normalized spacial score (nSPS) is 10.9. The number of rotatable bonds is 13. The van der Waals surface area contributed by atoms with E-state index in [1.165, 1.54) is 6.92 Å². The molecule has 0 aromatic heterocycles. The van der Waals surface area contributed by atoms with Gasteiger partial charge in [-0.3, -0.25) is 4.79 Å². The predicted octanol–water partition coefficient (Wildman–Crippen LogP) is 1.15.